The minimum Gasteiger partial charge on any atom is -0.471 e. The number of halogens is 2. The first-order valence-corrected chi connectivity index (χ1v) is 10.7. The molecule has 0 unspecified atom stereocenters. The fourth-order valence-corrected chi connectivity index (χ4v) is 2.88. The number of nitrogens with zero attached hydrogens (tertiary/aromatic N) is 3. The Bertz CT molecular complexity index is 1070. The summed E-state index contributed by atoms with van der Waals surface area (Å²) in [5, 5.41) is 5.39. The third-order valence-electron chi connectivity index (χ3n) is 5.10. The summed E-state index contributed by atoms with van der Waals surface area (Å²) >= 11 is 0. The molecule has 0 aliphatic heterocycles. The number of hydrogen-bond acceptors (Lipinski definition) is 6. The summed E-state index contributed by atoms with van der Waals surface area (Å²) in [4.78, 5) is 37.0. The highest BCUT2D eigenvalue weighted by atomic mass is 19.3. The van der Waals surface area contributed by atoms with Gasteiger partial charge in [0.15, 0.2) is 6.61 Å². The fraction of sp³-hybridized carbons (Fsp3) is 0.435. The Labute approximate surface area is 190 Å². The van der Waals surface area contributed by atoms with Crippen LogP contribution in [0.15, 0.2) is 30.5 Å². The molecule has 0 aromatic carbocycles. The zero-order valence-corrected chi connectivity index (χ0v) is 18.9. The Morgan fingerprint density at radius 3 is 2.64 bits per heavy atom. The summed E-state index contributed by atoms with van der Waals surface area (Å²) in [6.07, 6.45) is 3.66. The van der Waals surface area contributed by atoms with Crippen LogP contribution >= 0.6 is 0 Å². The van der Waals surface area contributed by atoms with E-state index in [1.807, 2.05) is 6.92 Å². The van der Waals surface area contributed by atoms with E-state index in [4.69, 9.17) is 4.74 Å². The lowest BCUT2D eigenvalue weighted by Crippen LogP contribution is -2.27. The van der Waals surface area contributed by atoms with Crippen molar-refractivity contribution in [3.8, 4) is 5.88 Å². The van der Waals surface area contributed by atoms with E-state index in [9.17, 15) is 18.4 Å². The maximum atomic E-state index is 13.8. The molecular weight excluding hydrogens is 432 g/mol. The third kappa shape index (κ3) is 6.53. The van der Waals surface area contributed by atoms with Gasteiger partial charge >= 0.3 is 5.92 Å². The fourth-order valence-electron chi connectivity index (χ4n) is 2.88. The smallest absolute Gasteiger partial charge is 0.302 e. The topological polar surface area (TPSA) is 106 Å². The standard InChI is InChI=1S/C23H27F2N5O3/c1-5-16-9-15(11-27-21(16)33-12-23(24,25)13(2)3)10-26-20(32)18-8-14(4)28-22(29-18)30-19(31)17-6-7-17/h8-9,11,17H,2,5-7,10,12H2,1,3-4H3,(H,26,32)(H,28,29,30,31). The first kappa shape index (κ1) is 24.2. The van der Waals surface area contributed by atoms with Gasteiger partial charge in [0.1, 0.15) is 5.69 Å². The Balaban J connectivity index is 1.63. The molecule has 176 valence electrons. The van der Waals surface area contributed by atoms with E-state index in [0.717, 1.165) is 12.8 Å². The first-order valence-electron chi connectivity index (χ1n) is 10.7. The Morgan fingerprint density at radius 2 is 2.00 bits per heavy atom. The molecule has 2 amide bonds. The van der Waals surface area contributed by atoms with Crippen LogP contribution in [-0.4, -0.2) is 39.3 Å². The van der Waals surface area contributed by atoms with Crippen molar-refractivity contribution in [2.24, 2.45) is 5.92 Å². The molecule has 1 fully saturated rings. The number of alkyl halides is 2. The van der Waals surface area contributed by atoms with Crippen LogP contribution in [0.3, 0.4) is 0 Å². The van der Waals surface area contributed by atoms with Crippen LogP contribution in [0.4, 0.5) is 14.7 Å². The van der Waals surface area contributed by atoms with Crippen LogP contribution in [0, 0.1) is 12.8 Å². The minimum atomic E-state index is -3.15. The molecule has 2 heterocycles. The number of carbonyl (C=O) groups excluding carboxylic acids is 2. The van der Waals surface area contributed by atoms with Crippen molar-refractivity contribution in [2.75, 3.05) is 11.9 Å². The summed E-state index contributed by atoms with van der Waals surface area (Å²) in [6, 6.07) is 3.27. The molecule has 1 aliphatic carbocycles. The number of nitrogens with one attached hydrogen (secondary N) is 2. The number of aryl methyl sites for hydroxylation is 2. The lowest BCUT2D eigenvalue weighted by atomic mass is 10.1. The van der Waals surface area contributed by atoms with E-state index in [0.29, 0.717) is 23.2 Å². The molecule has 0 spiro atoms. The number of rotatable bonds is 10. The summed E-state index contributed by atoms with van der Waals surface area (Å²) in [5.74, 6) is -3.52. The van der Waals surface area contributed by atoms with Gasteiger partial charge in [-0.15, -0.1) is 0 Å². The Hall–Kier alpha value is -3.43. The first-order chi connectivity index (χ1) is 15.6. The predicted octanol–water partition coefficient (Wildman–Crippen LogP) is 3.61. The number of aromatic nitrogens is 3. The monoisotopic (exact) mass is 459 g/mol. The van der Waals surface area contributed by atoms with Gasteiger partial charge in [-0.05, 0) is 56.4 Å². The zero-order chi connectivity index (χ0) is 24.2. The molecular formula is C23H27F2N5O3. The Kier molecular flexibility index (Phi) is 7.35. The molecule has 2 N–H and O–H groups in total. The molecule has 10 heteroatoms. The van der Waals surface area contributed by atoms with Crippen molar-refractivity contribution in [1.29, 1.82) is 0 Å². The second-order valence-corrected chi connectivity index (χ2v) is 8.10. The van der Waals surface area contributed by atoms with Crippen molar-refractivity contribution >= 4 is 17.8 Å². The number of pyridine rings is 1. The maximum absolute atomic E-state index is 13.8. The highest BCUT2D eigenvalue weighted by Gasteiger charge is 2.32. The lowest BCUT2D eigenvalue weighted by molar-refractivity contribution is -0.117. The number of carbonyl (C=O) groups is 2. The van der Waals surface area contributed by atoms with E-state index >= 15 is 0 Å². The van der Waals surface area contributed by atoms with Crippen LogP contribution in [0.25, 0.3) is 0 Å². The van der Waals surface area contributed by atoms with E-state index in [-0.39, 0.29) is 41.5 Å². The quantitative estimate of drug-likeness (QED) is 0.526. The van der Waals surface area contributed by atoms with Gasteiger partial charge in [-0.2, -0.15) is 8.78 Å². The van der Waals surface area contributed by atoms with Crippen molar-refractivity contribution in [3.63, 3.8) is 0 Å². The van der Waals surface area contributed by atoms with Crippen molar-refractivity contribution < 1.29 is 23.1 Å². The predicted molar refractivity (Wildman–Crippen MR) is 118 cm³/mol. The van der Waals surface area contributed by atoms with Crippen molar-refractivity contribution in [1.82, 2.24) is 20.3 Å². The minimum absolute atomic E-state index is 0.00868. The molecule has 3 rings (SSSR count). The van der Waals surface area contributed by atoms with Crippen LogP contribution in [0.5, 0.6) is 5.88 Å². The molecule has 2 aromatic heterocycles. The summed E-state index contributed by atoms with van der Waals surface area (Å²) in [5.41, 5.74) is 1.70. The molecule has 0 bridgehead atoms. The highest BCUT2D eigenvalue weighted by molar-refractivity contribution is 5.95. The number of amides is 2. The van der Waals surface area contributed by atoms with Gasteiger partial charge in [-0.1, -0.05) is 13.5 Å². The van der Waals surface area contributed by atoms with E-state index in [1.54, 1.807) is 13.0 Å². The zero-order valence-electron chi connectivity index (χ0n) is 18.9. The number of ether oxygens (including phenoxy) is 1. The lowest BCUT2D eigenvalue weighted by Gasteiger charge is -2.18. The average molecular weight is 459 g/mol. The summed E-state index contributed by atoms with van der Waals surface area (Å²) in [6.45, 7) is 7.38. The molecule has 0 atom stereocenters. The largest absolute Gasteiger partial charge is 0.471 e. The molecule has 0 radical (unpaired) electrons. The van der Waals surface area contributed by atoms with Crippen LogP contribution < -0.4 is 15.4 Å². The molecule has 1 aliphatic rings. The van der Waals surface area contributed by atoms with Gasteiger partial charge in [0.25, 0.3) is 5.91 Å². The molecule has 8 nitrogen and oxygen atoms in total. The van der Waals surface area contributed by atoms with E-state index < -0.39 is 18.4 Å². The van der Waals surface area contributed by atoms with Gasteiger partial charge in [0, 0.05) is 29.9 Å². The van der Waals surface area contributed by atoms with Gasteiger partial charge in [0.2, 0.25) is 17.7 Å². The third-order valence-corrected chi connectivity index (χ3v) is 5.10. The van der Waals surface area contributed by atoms with E-state index in [2.05, 4.69) is 32.2 Å². The second kappa shape index (κ2) is 10.0. The van der Waals surface area contributed by atoms with Crippen molar-refractivity contribution in [3.05, 3.63) is 53.0 Å². The van der Waals surface area contributed by atoms with Crippen LogP contribution in [0.1, 0.15) is 54.0 Å². The van der Waals surface area contributed by atoms with E-state index in [1.165, 1.54) is 19.2 Å². The van der Waals surface area contributed by atoms with Crippen LogP contribution in [-0.2, 0) is 17.8 Å². The molecule has 2 aromatic rings. The van der Waals surface area contributed by atoms with Crippen molar-refractivity contribution in [2.45, 2.75) is 52.5 Å². The van der Waals surface area contributed by atoms with Gasteiger partial charge in [0.05, 0.1) is 0 Å². The molecule has 33 heavy (non-hydrogen) atoms. The molecule has 0 saturated heterocycles. The maximum Gasteiger partial charge on any atom is 0.302 e. The highest BCUT2D eigenvalue weighted by Crippen LogP contribution is 2.29. The summed E-state index contributed by atoms with van der Waals surface area (Å²) < 4.78 is 32.7. The van der Waals surface area contributed by atoms with Gasteiger partial charge in [-0.3, -0.25) is 14.9 Å². The second-order valence-electron chi connectivity index (χ2n) is 8.10. The molecule has 1 saturated carbocycles. The van der Waals surface area contributed by atoms with Gasteiger partial charge in [-0.25, -0.2) is 15.0 Å². The summed E-state index contributed by atoms with van der Waals surface area (Å²) in [7, 11) is 0. The number of hydrogen-bond donors (Lipinski definition) is 2. The SMILES string of the molecule is C=C(C)C(F)(F)COc1ncc(CNC(=O)c2cc(C)nc(NC(=O)C3CC3)n2)cc1CC. The van der Waals surface area contributed by atoms with Gasteiger partial charge < -0.3 is 10.1 Å². The average Bonchev–Trinajstić information content (AvgIpc) is 3.61. The van der Waals surface area contributed by atoms with Crippen LogP contribution in [0.2, 0.25) is 0 Å². The number of anilines is 1. The Morgan fingerprint density at radius 1 is 1.27 bits per heavy atom. The normalized spacial score (nSPS) is 13.4.